The molecule has 0 aliphatic heterocycles. The summed E-state index contributed by atoms with van der Waals surface area (Å²) < 4.78 is 2.92. The number of carbonyl (C=O) groups excluding carboxylic acids is 1. The summed E-state index contributed by atoms with van der Waals surface area (Å²) in [6.45, 7) is 0. The Bertz CT molecular complexity index is 1290. The molecule has 0 aliphatic rings. The summed E-state index contributed by atoms with van der Waals surface area (Å²) in [7, 11) is 0. The minimum atomic E-state index is -0.0796. The van der Waals surface area contributed by atoms with E-state index < -0.39 is 0 Å². The maximum atomic E-state index is 12.6. The van der Waals surface area contributed by atoms with Crippen LogP contribution in [0.3, 0.4) is 0 Å². The van der Waals surface area contributed by atoms with Crippen LogP contribution in [-0.4, -0.2) is 20.7 Å². The lowest BCUT2D eigenvalue weighted by Crippen LogP contribution is -2.14. The molecule has 0 spiro atoms. The number of carbonyl (C=O) groups is 1. The van der Waals surface area contributed by atoms with Gasteiger partial charge in [0, 0.05) is 17.4 Å². The normalized spacial score (nSPS) is 10.9. The van der Waals surface area contributed by atoms with Crippen LogP contribution in [-0.2, 0) is 11.2 Å². The second-order valence-electron chi connectivity index (χ2n) is 6.92. The molecule has 3 aromatic carbocycles. The monoisotopic (exact) mass is 410 g/mol. The molecule has 30 heavy (non-hydrogen) atoms. The van der Waals surface area contributed by atoms with Crippen molar-refractivity contribution in [1.82, 2.24) is 14.8 Å². The molecular weight excluding hydrogens is 392 g/mol. The largest absolute Gasteiger partial charge is 0.326 e. The Kier molecular flexibility index (Phi) is 4.83. The third-order valence-corrected chi connectivity index (χ3v) is 5.79. The quantitative estimate of drug-likeness (QED) is 0.426. The van der Waals surface area contributed by atoms with E-state index in [1.807, 2.05) is 79.0 Å². The van der Waals surface area contributed by atoms with Crippen LogP contribution in [0.5, 0.6) is 0 Å². The number of anilines is 1. The number of amides is 1. The van der Waals surface area contributed by atoms with Gasteiger partial charge in [0.2, 0.25) is 5.91 Å². The lowest BCUT2D eigenvalue weighted by Gasteiger charge is -2.06. The van der Waals surface area contributed by atoms with Crippen LogP contribution >= 0.6 is 11.3 Å². The molecule has 0 bridgehead atoms. The summed E-state index contributed by atoms with van der Waals surface area (Å²) >= 11 is 1.65. The van der Waals surface area contributed by atoms with Gasteiger partial charge in [-0.2, -0.15) is 5.10 Å². The first kappa shape index (κ1) is 18.3. The fraction of sp³-hybridized carbons (Fsp3) is 0.0417. The van der Waals surface area contributed by atoms with Gasteiger partial charge >= 0.3 is 0 Å². The molecule has 0 atom stereocenters. The van der Waals surface area contributed by atoms with Gasteiger partial charge in [-0.05, 0) is 42.0 Å². The highest BCUT2D eigenvalue weighted by molar-refractivity contribution is 7.21. The summed E-state index contributed by atoms with van der Waals surface area (Å²) in [5, 5.41) is 8.28. The molecule has 0 radical (unpaired) electrons. The van der Waals surface area contributed by atoms with Crippen molar-refractivity contribution >= 4 is 33.1 Å². The van der Waals surface area contributed by atoms with E-state index in [2.05, 4.69) is 16.5 Å². The standard InChI is InChI=1S/C24H18N4OS/c29-23(13-17-15-25-28(16-17)20-9-2-1-3-10-20)26-19-8-6-7-18(14-19)24-27-21-11-4-5-12-22(21)30-24/h1-12,14-16H,13H2,(H,26,29). The summed E-state index contributed by atoms with van der Waals surface area (Å²) in [6.07, 6.45) is 3.87. The van der Waals surface area contributed by atoms with Crippen LogP contribution in [0.25, 0.3) is 26.5 Å². The highest BCUT2D eigenvalue weighted by atomic mass is 32.1. The van der Waals surface area contributed by atoms with Gasteiger partial charge in [0.1, 0.15) is 5.01 Å². The minimum absolute atomic E-state index is 0.0796. The zero-order chi connectivity index (χ0) is 20.3. The Balaban J connectivity index is 1.30. The molecule has 6 heteroatoms. The second-order valence-corrected chi connectivity index (χ2v) is 7.95. The zero-order valence-electron chi connectivity index (χ0n) is 16.0. The van der Waals surface area contributed by atoms with Gasteiger partial charge in [-0.1, -0.05) is 42.5 Å². The molecule has 1 N–H and O–H groups in total. The SMILES string of the molecule is O=C(Cc1cnn(-c2ccccc2)c1)Nc1cccc(-c2nc3ccccc3s2)c1. The molecule has 0 saturated carbocycles. The maximum Gasteiger partial charge on any atom is 0.228 e. The minimum Gasteiger partial charge on any atom is -0.326 e. The number of benzene rings is 3. The molecule has 0 fully saturated rings. The lowest BCUT2D eigenvalue weighted by atomic mass is 10.2. The van der Waals surface area contributed by atoms with Crippen molar-refractivity contribution in [2.24, 2.45) is 0 Å². The number of nitrogens with zero attached hydrogens (tertiary/aromatic N) is 3. The van der Waals surface area contributed by atoms with E-state index in [-0.39, 0.29) is 12.3 Å². The molecule has 146 valence electrons. The van der Waals surface area contributed by atoms with E-state index in [9.17, 15) is 4.79 Å². The van der Waals surface area contributed by atoms with Crippen molar-refractivity contribution in [2.75, 3.05) is 5.32 Å². The summed E-state index contributed by atoms with van der Waals surface area (Å²) in [4.78, 5) is 17.3. The molecule has 5 rings (SSSR count). The van der Waals surface area contributed by atoms with Gasteiger partial charge in [0.15, 0.2) is 0 Å². The molecule has 0 aliphatic carbocycles. The molecule has 2 aromatic heterocycles. The van der Waals surface area contributed by atoms with Gasteiger partial charge in [0.05, 0.1) is 28.5 Å². The third kappa shape index (κ3) is 3.86. The van der Waals surface area contributed by atoms with Gasteiger partial charge < -0.3 is 5.32 Å². The molecule has 2 heterocycles. The summed E-state index contributed by atoms with van der Waals surface area (Å²) in [6, 6.07) is 25.7. The maximum absolute atomic E-state index is 12.6. The fourth-order valence-electron chi connectivity index (χ4n) is 3.29. The first-order valence-electron chi connectivity index (χ1n) is 9.59. The Labute approximate surface area is 177 Å². The van der Waals surface area contributed by atoms with Crippen LogP contribution in [0.1, 0.15) is 5.56 Å². The number of para-hydroxylation sites is 2. The van der Waals surface area contributed by atoms with Crippen molar-refractivity contribution in [3.63, 3.8) is 0 Å². The highest BCUT2D eigenvalue weighted by Crippen LogP contribution is 2.31. The Morgan fingerprint density at radius 3 is 2.67 bits per heavy atom. The van der Waals surface area contributed by atoms with E-state index in [0.717, 1.165) is 37.7 Å². The van der Waals surface area contributed by atoms with Crippen molar-refractivity contribution in [3.8, 4) is 16.3 Å². The smallest absolute Gasteiger partial charge is 0.228 e. The molecule has 0 unspecified atom stereocenters. The number of aromatic nitrogens is 3. The van der Waals surface area contributed by atoms with Gasteiger partial charge in [-0.25, -0.2) is 9.67 Å². The number of hydrogen-bond donors (Lipinski definition) is 1. The first-order valence-corrected chi connectivity index (χ1v) is 10.4. The van der Waals surface area contributed by atoms with E-state index >= 15 is 0 Å². The number of hydrogen-bond acceptors (Lipinski definition) is 4. The van der Waals surface area contributed by atoms with E-state index in [0.29, 0.717) is 0 Å². The van der Waals surface area contributed by atoms with Gasteiger partial charge in [0.25, 0.3) is 0 Å². The fourth-order valence-corrected chi connectivity index (χ4v) is 4.25. The lowest BCUT2D eigenvalue weighted by molar-refractivity contribution is -0.115. The summed E-state index contributed by atoms with van der Waals surface area (Å²) in [5.74, 6) is -0.0796. The van der Waals surface area contributed by atoms with Gasteiger partial charge in [-0.3, -0.25) is 4.79 Å². The first-order chi connectivity index (χ1) is 14.7. The van der Waals surface area contributed by atoms with Crippen LogP contribution in [0.2, 0.25) is 0 Å². The van der Waals surface area contributed by atoms with E-state index in [1.54, 1.807) is 22.2 Å². The molecule has 5 nitrogen and oxygen atoms in total. The predicted octanol–water partition coefficient (Wildman–Crippen LogP) is 5.33. The number of thiazole rings is 1. The average Bonchev–Trinajstić information content (AvgIpc) is 3.41. The number of rotatable bonds is 5. The van der Waals surface area contributed by atoms with Crippen LogP contribution in [0, 0.1) is 0 Å². The van der Waals surface area contributed by atoms with Crippen molar-refractivity contribution in [3.05, 3.63) is 96.8 Å². The molecule has 0 saturated heterocycles. The van der Waals surface area contributed by atoms with E-state index in [1.165, 1.54) is 0 Å². The van der Waals surface area contributed by atoms with Crippen LogP contribution in [0.15, 0.2) is 91.3 Å². The Morgan fingerprint density at radius 2 is 1.80 bits per heavy atom. The third-order valence-electron chi connectivity index (χ3n) is 4.71. The highest BCUT2D eigenvalue weighted by Gasteiger charge is 2.10. The number of nitrogens with one attached hydrogen (secondary N) is 1. The number of fused-ring (bicyclic) bond motifs is 1. The second kappa shape index (κ2) is 7.93. The van der Waals surface area contributed by atoms with E-state index in [4.69, 9.17) is 4.98 Å². The van der Waals surface area contributed by atoms with Gasteiger partial charge in [-0.15, -0.1) is 11.3 Å². The summed E-state index contributed by atoms with van der Waals surface area (Å²) in [5.41, 5.74) is 4.56. The average molecular weight is 411 g/mol. The van der Waals surface area contributed by atoms with Crippen molar-refractivity contribution in [1.29, 1.82) is 0 Å². The van der Waals surface area contributed by atoms with Crippen molar-refractivity contribution < 1.29 is 4.79 Å². The van der Waals surface area contributed by atoms with Crippen LogP contribution in [0.4, 0.5) is 5.69 Å². The predicted molar refractivity (Wildman–Crippen MR) is 121 cm³/mol. The Morgan fingerprint density at radius 1 is 0.967 bits per heavy atom. The van der Waals surface area contributed by atoms with Crippen molar-refractivity contribution in [2.45, 2.75) is 6.42 Å². The Hall–Kier alpha value is -3.77. The van der Waals surface area contributed by atoms with Crippen LogP contribution < -0.4 is 5.32 Å². The molecule has 5 aromatic rings. The molecule has 1 amide bonds. The topological polar surface area (TPSA) is 59.8 Å². The molecular formula is C24H18N4OS. The zero-order valence-corrected chi connectivity index (χ0v) is 16.8.